The van der Waals surface area contributed by atoms with Crippen LogP contribution >= 0.6 is 11.6 Å². The second-order valence-corrected chi connectivity index (χ2v) is 5.50. The largest absolute Gasteiger partial charge is 0.421 e. The Hall–Kier alpha value is -3.06. The van der Waals surface area contributed by atoms with E-state index in [0.29, 0.717) is 16.7 Å². The Labute approximate surface area is 146 Å². The lowest BCUT2D eigenvalue weighted by atomic mass is 10.2. The molecule has 2 aromatic carbocycles. The Bertz CT molecular complexity index is 1020. The zero-order valence-electron chi connectivity index (χ0n) is 13.0. The molecule has 1 aromatic heterocycles. The third-order valence-corrected chi connectivity index (χ3v) is 3.77. The van der Waals surface area contributed by atoms with E-state index in [9.17, 15) is 14.0 Å². The van der Waals surface area contributed by atoms with E-state index < -0.39 is 17.5 Å². The summed E-state index contributed by atoms with van der Waals surface area (Å²) in [6.07, 6.45) is 0. The van der Waals surface area contributed by atoms with E-state index in [-0.39, 0.29) is 16.4 Å². The van der Waals surface area contributed by atoms with Crippen LogP contribution in [0, 0.1) is 5.82 Å². The maximum absolute atomic E-state index is 13.2. The fourth-order valence-electron chi connectivity index (χ4n) is 2.37. The predicted octanol–water partition coefficient (Wildman–Crippen LogP) is 4.27. The Morgan fingerprint density at radius 1 is 1.12 bits per heavy atom. The third-order valence-electron chi connectivity index (χ3n) is 3.48. The van der Waals surface area contributed by atoms with Gasteiger partial charge in [0.15, 0.2) is 5.69 Å². The first-order valence-electron chi connectivity index (χ1n) is 7.26. The van der Waals surface area contributed by atoms with Gasteiger partial charge in [-0.25, -0.2) is 14.0 Å². The van der Waals surface area contributed by atoms with Crippen molar-refractivity contribution in [2.45, 2.75) is 0 Å². The number of amides is 2. The second kappa shape index (κ2) is 6.82. The van der Waals surface area contributed by atoms with Gasteiger partial charge in [0.25, 0.3) is 0 Å². The van der Waals surface area contributed by atoms with Crippen LogP contribution in [-0.4, -0.2) is 13.1 Å². The summed E-state index contributed by atoms with van der Waals surface area (Å²) in [5.41, 5.74) is 0.370. The van der Waals surface area contributed by atoms with Gasteiger partial charge in [-0.2, -0.15) is 0 Å². The first-order valence-corrected chi connectivity index (χ1v) is 7.64. The molecule has 0 spiro atoms. The van der Waals surface area contributed by atoms with Gasteiger partial charge in [-0.3, -0.25) is 5.32 Å². The zero-order valence-corrected chi connectivity index (χ0v) is 13.8. The van der Waals surface area contributed by atoms with Gasteiger partial charge >= 0.3 is 11.7 Å². The molecule has 3 rings (SSSR count). The standard InChI is InChI=1S/C17H13ClFN3O3/c1-20-14-10-4-2-3-5-13(10)25-16(23)15(14)22-17(24)21-9-6-7-12(19)11(18)8-9/h2-8,20H,1H3,(H2,21,22,24). The SMILES string of the molecule is CNc1c(NC(=O)Nc2ccc(F)c(Cl)c2)c(=O)oc2ccccc12. The molecule has 0 aliphatic rings. The van der Waals surface area contributed by atoms with Crippen LogP contribution in [0.4, 0.5) is 26.2 Å². The van der Waals surface area contributed by atoms with E-state index in [4.69, 9.17) is 16.0 Å². The molecule has 128 valence electrons. The lowest BCUT2D eigenvalue weighted by Crippen LogP contribution is -2.24. The van der Waals surface area contributed by atoms with Crippen LogP contribution in [0.3, 0.4) is 0 Å². The van der Waals surface area contributed by atoms with Gasteiger partial charge in [-0.05, 0) is 30.3 Å². The molecule has 0 aliphatic heterocycles. The fraction of sp³-hybridized carbons (Fsp3) is 0.0588. The molecule has 25 heavy (non-hydrogen) atoms. The predicted molar refractivity (Wildman–Crippen MR) is 96.1 cm³/mol. The number of para-hydroxylation sites is 1. The quantitative estimate of drug-likeness (QED) is 0.608. The van der Waals surface area contributed by atoms with Gasteiger partial charge in [0.1, 0.15) is 11.4 Å². The van der Waals surface area contributed by atoms with Gasteiger partial charge in [0.05, 0.1) is 10.7 Å². The Balaban J connectivity index is 1.91. The highest BCUT2D eigenvalue weighted by atomic mass is 35.5. The molecule has 0 fully saturated rings. The number of rotatable bonds is 3. The summed E-state index contributed by atoms with van der Waals surface area (Å²) in [5, 5.41) is 8.33. The van der Waals surface area contributed by atoms with Crippen molar-refractivity contribution in [3.05, 3.63) is 63.7 Å². The highest BCUT2D eigenvalue weighted by Crippen LogP contribution is 2.28. The van der Waals surface area contributed by atoms with Crippen molar-refractivity contribution >= 4 is 45.7 Å². The highest BCUT2D eigenvalue weighted by Gasteiger charge is 2.16. The van der Waals surface area contributed by atoms with Crippen LogP contribution in [0.5, 0.6) is 0 Å². The van der Waals surface area contributed by atoms with E-state index >= 15 is 0 Å². The number of carbonyl (C=O) groups is 1. The van der Waals surface area contributed by atoms with E-state index in [1.165, 1.54) is 12.1 Å². The van der Waals surface area contributed by atoms with Crippen molar-refractivity contribution in [2.24, 2.45) is 0 Å². The van der Waals surface area contributed by atoms with Crippen LogP contribution in [0.1, 0.15) is 0 Å². The zero-order chi connectivity index (χ0) is 18.0. The number of fused-ring (bicyclic) bond motifs is 1. The molecule has 0 saturated carbocycles. The summed E-state index contributed by atoms with van der Waals surface area (Å²) in [7, 11) is 1.63. The lowest BCUT2D eigenvalue weighted by Gasteiger charge is -2.12. The van der Waals surface area contributed by atoms with Crippen molar-refractivity contribution in [2.75, 3.05) is 23.0 Å². The molecule has 6 nitrogen and oxygen atoms in total. The summed E-state index contributed by atoms with van der Waals surface area (Å²) >= 11 is 5.67. The number of urea groups is 1. The van der Waals surface area contributed by atoms with Gasteiger partial charge in [-0.15, -0.1) is 0 Å². The number of halogens is 2. The van der Waals surface area contributed by atoms with Gasteiger partial charge in [0.2, 0.25) is 0 Å². The number of nitrogens with one attached hydrogen (secondary N) is 3. The average molecular weight is 362 g/mol. The van der Waals surface area contributed by atoms with Crippen LogP contribution in [0.2, 0.25) is 5.02 Å². The molecular formula is C17H13ClFN3O3. The minimum atomic E-state index is -0.699. The van der Waals surface area contributed by atoms with Crippen molar-refractivity contribution in [3.63, 3.8) is 0 Å². The molecule has 0 saturated heterocycles. The Morgan fingerprint density at radius 3 is 2.60 bits per heavy atom. The van der Waals surface area contributed by atoms with E-state index in [1.807, 2.05) is 0 Å². The van der Waals surface area contributed by atoms with E-state index in [2.05, 4.69) is 16.0 Å². The number of anilines is 3. The molecule has 3 aromatic rings. The molecule has 0 radical (unpaired) electrons. The molecule has 0 unspecified atom stereocenters. The van der Waals surface area contributed by atoms with Crippen molar-refractivity contribution < 1.29 is 13.6 Å². The monoisotopic (exact) mass is 361 g/mol. The maximum Gasteiger partial charge on any atom is 0.362 e. The molecular weight excluding hydrogens is 349 g/mol. The molecule has 0 aliphatic carbocycles. The summed E-state index contributed by atoms with van der Waals surface area (Å²) in [6, 6.07) is 9.98. The van der Waals surface area contributed by atoms with Crippen molar-refractivity contribution in [3.8, 4) is 0 Å². The molecule has 0 atom stereocenters. The van der Waals surface area contributed by atoms with Crippen LogP contribution in [0.25, 0.3) is 11.0 Å². The van der Waals surface area contributed by atoms with Crippen LogP contribution < -0.4 is 21.6 Å². The smallest absolute Gasteiger partial charge is 0.362 e. The fourth-order valence-corrected chi connectivity index (χ4v) is 2.55. The maximum atomic E-state index is 13.2. The number of benzene rings is 2. The minimum Gasteiger partial charge on any atom is -0.421 e. The topological polar surface area (TPSA) is 83.4 Å². The van der Waals surface area contributed by atoms with Gasteiger partial charge < -0.3 is 15.1 Å². The van der Waals surface area contributed by atoms with E-state index in [1.54, 1.807) is 31.3 Å². The first kappa shape index (κ1) is 16.8. The minimum absolute atomic E-state index is 0.0353. The summed E-state index contributed by atoms with van der Waals surface area (Å²) < 4.78 is 18.4. The summed E-state index contributed by atoms with van der Waals surface area (Å²) in [5.74, 6) is -0.597. The average Bonchev–Trinajstić information content (AvgIpc) is 2.59. The van der Waals surface area contributed by atoms with Gasteiger partial charge in [-0.1, -0.05) is 23.7 Å². The van der Waals surface area contributed by atoms with Crippen molar-refractivity contribution in [1.82, 2.24) is 0 Å². The number of carbonyl (C=O) groups excluding carboxylic acids is 1. The van der Waals surface area contributed by atoms with E-state index in [0.717, 1.165) is 6.07 Å². The molecule has 0 bridgehead atoms. The molecule has 2 amide bonds. The normalized spacial score (nSPS) is 10.5. The molecule has 1 heterocycles. The molecule has 3 N–H and O–H groups in total. The Kier molecular flexibility index (Phi) is 4.58. The van der Waals surface area contributed by atoms with Crippen LogP contribution in [-0.2, 0) is 0 Å². The lowest BCUT2D eigenvalue weighted by molar-refractivity contribution is 0.262. The molecule has 8 heteroatoms. The second-order valence-electron chi connectivity index (χ2n) is 5.09. The van der Waals surface area contributed by atoms with Gasteiger partial charge in [0, 0.05) is 18.1 Å². The first-order chi connectivity index (χ1) is 12.0. The highest BCUT2D eigenvalue weighted by molar-refractivity contribution is 6.31. The third kappa shape index (κ3) is 3.41. The van der Waals surface area contributed by atoms with Crippen molar-refractivity contribution in [1.29, 1.82) is 0 Å². The van der Waals surface area contributed by atoms with Crippen LogP contribution in [0.15, 0.2) is 51.7 Å². The number of hydrogen-bond donors (Lipinski definition) is 3. The Morgan fingerprint density at radius 2 is 1.88 bits per heavy atom. The number of hydrogen-bond acceptors (Lipinski definition) is 4. The summed E-state index contributed by atoms with van der Waals surface area (Å²) in [6.45, 7) is 0. The summed E-state index contributed by atoms with van der Waals surface area (Å²) in [4.78, 5) is 24.3.